The van der Waals surface area contributed by atoms with Gasteiger partial charge in [-0.3, -0.25) is 10.1 Å². The standard InChI is InChI=1S/C22H21ClN6O3S/c23-19-7-1-5-17(12-19)15-28(25)26-22(24)18-6-3-8-20(14-18)27-33(32)11-10-16-4-2-9-21(13-16)29(30)31/h1-14,27H,15,25H2,(H2,24,26)/b11-10+. The van der Waals surface area contributed by atoms with E-state index in [0.29, 0.717) is 28.4 Å². The maximum absolute atomic E-state index is 12.4. The van der Waals surface area contributed by atoms with Crippen LogP contribution in [-0.4, -0.2) is 20.1 Å². The van der Waals surface area contributed by atoms with Gasteiger partial charge in [-0.2, -0.15) is 0 Å². The van der Waals surface area contributed by atoms with Crippen molar-refractivity contribution in [3.05, 3.63) is 110 Å². The van der Waals surface area contributed by atoms with Gasteiger partial charge in [0.05, 0.1) is 11.5 Å². The number of benzene rings is 3. The molecule has 0 aliphatic carbocycles. The molecule has 1 unspecified atom stereocenters. The van der Waals surface area contributed by atoms with Gasteiger partial charge in [-0.15, -0.1) is 5.10 Å². The number of hydrazone groups is 1. The molecule has 0 aliphatic heterocycles. The molecule has 3 aromatic carbocycles. The second-order valence-electron chi connectivity index (χ2n) is 6.85. The van der Waals surface area contributed by atoms with Crippen LogP contribution in [0, 0.1) is 10.1 Å². The van der Waals surface area contributed by atoms with Crippen molar-refractivity contribution < 1.29 is 9.13 Å². The van der Waals surface area contributed by atoms with E-state index in [4.69, 9.17) is 23.2 Å². The Morgan fingerprint density at radius 3 is 2.67 bits per heavy atom. The first-order valence-electron chi connectivity index (χ1n) is 9.61. The molecule has 170 valence electrons. The first-order chi connectivity index (χ1) is 15.8. The van der Waals surface area contributed by atoms with Crippen molar-refractivity contribution in [3.8, 4) is 0 Å². The molecule has 0 saturated carbocycles. The van der Waals surface area contributed by atoms with Crippen LogP contribution >= 0.6 is 11.6 Å². The van der Waals surface area contributed by atoms with Crippen LogP contribution in [0.5, 0.6) is 0 Å². The number of non-ortho nitro benzene ring substituents is 1. The molecule has 0 saturated heterocycles. The largest absolute Gasteiger partial charge is 0.382 e. The van der Waals surface area contributed by atoms with Gasteiger partial charge in [-0.1, -0.05) is 48.0 Å². The van der Waals surface area contributed by atoms with Crippen molar-refractivity contribution in [2.24, 2.45) is 16.7 Å². The lowest BCUT2D eigenvalue weighted by molar-refractivity contribution is -0.384. The van der Waals surface area contributed by atoms with Crippen LogP contribution in [0.1, 0.15) is 16.7 Å². The van der Waals surface area contributed by atoms with Crippen LogP contribution in [0.2, 0.25) is 5.02 Å². The van der Waals surface area contributed by atoms with Gasteiger partial charge in [0.2, 0.25) is 0 Å². The number of nitrogens with one attached hydrogen (secondary N) is 1. The molecule has 3 aromatic rings. The Labute approximate surface area is 198 Å². The molecular formula is C22H21ClN6O3S. The number of hydrogen-bond acceptors (Lipinski definition) is 6. The average Bonchev–Trinajstić information content (AvgIpc) is 2.78. The van der Waals surface area contributed by atoms with E-state index in [0.717, 1.165) is 5.56 Å². The van der Waals surface area contributed by atoms with Gasteiger partial charge >= 0.3 is 0 Å². The third-order valence-electron chi connectivity index (χ3n) is 4.31. The summed E-state index contributed by atoms with van der Waals surface area (Å²) in [4.78, 5) is 10.4. The summed E-state index contributed by atoms with van der Waals surface area (Å²) < 4.78 is 15.2. The first kappa shape index (κ1) is 23.9. The van der Waals surface area contributed by atoms with Crippen molar-refractivity contribution in [2.45, 2.75) is 6.54 Å². The van der Waals surface area contributed by atoms with Crippen LogP contribution < -0.4 is 16.3 Å². The number of hydrogen-bond donors (Lipinski definition) is 3. The molecular weight excluding hydrogens is 464 g/mol. The Hall–Kier alpha value is -3.73. The molecule has 33 heavy (non-hydrogen) atoms. The van der Waals surface area contributed by atoms with Gasteiger partial charge in [-0.25, -0.2) is 15.2 Å². The number of nitrogens with zero attached hydrogens (tertiary/aromatic N) is 3. The molecule has 0 heterocycles. The molecule has 0 aliphatic rings. The molecule has 0 aromatic heterocycles. The summed E-state index contributed by atoms with van der Waals surface area (Å²) in [5.74, 6) is 6.13. The summed E-state index contributed by atoms with van der Waals surface area (Å²) in [7, 11) is -1.58. The van der Waals surface area contributed by atoms with Crippen LogP contribution in [0.4, 0.5) is 11.4 Å². The zero-order chi connectivity index (χ0) is 23.8. The summed E-state index contributed by atoms with van der Waals surface area (Å²) in [6.45, 7) is 0.311. The quantitative estimate of drug-likeness (QED) is 0.138. The minimum atomic E-state index is -1.58. The third kappa shape index (κ3) is 7.42. The molecule has 9 nitrogen and oxygen atoms in total. The van der Waals surface area contributed by atoms with Gasteiger partial charge in [0, 0.05) is 33.8 Å². The van der Waals surface area contributed by atoms with E-state index >= 15 is 0 Å². The highest BCUT2D eigenvalue weighted by Crippen LogP contribution is 2.16. The first-order valence-corrected chi connectivity index (χ1v) is 11.2. The lowest BCUT2D eigenvalue weighted by Gasteiger charge is -2.14. The fraction of sp³-hybridized carbons (Fsp3) is 0.0455. The third-order valence-corrected chi connectivity index (χ3v) is 5.37. The second kappa shape index (κ2) is 11.2. The normalized spacial score (nSPS) is 12.5. The lowest BCUT2D eigenvalue weighted by Crippen LogP contribution is -2.29. The Balaban J connectivity index is 1.64. The van der Waals surface area contributed by atoms with Crippen molar-refractivity contribution in [2.75, 3.05) is 4.72 Å². The number of hydrazine groups is 1. The minimum absolute atomic E-state index is 0.0392. The van der Waals surface area contributed by atoms with E-state index < -0.39 is 15.9 Å². The zero-order valence-electron chi connectivity index (χ0n) is 17.3. The van der Waals surface area contributed by atoms with E-state index in [1.165, 1.54) is 28.7 Å². The molecule has 1 atom stereocenters. The average molecular weight is 485 g/mol. The highest BCUT2D eigenvalue weighted by atomic mass is 35.5. The SMILES string of the molecule is N/C(=N\N(N)Cc1cccc(Cl)c1)c1cccc(NS(=O)/C=C/c2cccc([N+](=O)[O-])c2)c1. The van der Waals surface area contributed by atoms with Crippen molar-refractivity contribution in [1.82, 2.24) is 5.12 Å². The van der Waals surface area contributed by atoms with E-state index in [9.17, 15) is 14.3 Å². The smallest absolute Gasteiger partial charge is 0.270 e. The molecule has 11 heteroatoms. The number of nitro benzene ring substituents is 1. The van der Waals surface area contributed by atoms with Gasteiger partial charge in [0.1, 0.15) is 11.0 Å². The van der Waals surface area contributed by atoms with Crippen molar-refractivity contribution in [1.29, 1.82) is 0 Å². The summed E-state index contributed by atoms with van der Waals surface area (Å²) in [5, 5.41) is 18.3. The fourth-order valence-corrected chi connectivity index (χ4v) is 3.75. The summed E-state index contributed by atoms with van der Waals surface area (Å²) in [5.41, 5.74) is 8.61. The minimum Gasteiger partial charge on any atom is -0.382 e. The second-order valence-corrected chi connectivity index (χ2v) is 8.36. The Kier molecular flexibility index (Phi) is 8.14. The van der Waals surface area contributed by atoms with E-state index in [-0.39, 0.29) is 11.5 Å². The number of halogens is 1. The van der Waals surface area contributed by atoms with E-state index in [1.807, 2.05) is 12.1 Å². The summed E-state index contributed by atoms with van der Waals surface area (Å²) in [6.07, 6.45) is 1.54. The highest BCUT2D eigenvalue weighted by Gasteiger charge is 2.06. The number of rotatable bonds is 9. The van der Waals surface area contributed by atoms with Crippen LogP contribution in [0.3, 0.4) is 0 Å². The van der Waals surface area contributed by atoms with Gasteiger partial charge in [0.25, 0.3) is 5.69 Å². The molecule has 0 amide bonds. The number of amidine groups is 1. The number of anilines is 1. The summed E-state index contributed by atoms with van der Waals surface area (Å²) in [6, 6.07) is 20.2. The summed E-state index contributed by atoms with van der Waals surface area (Å²) >= 11 is 5.98. The highest BCUT2D eigenvalue weighted by molar-refractivity contribution is 7.89. The van der Waals surface area contributed by atoms with Crippen LogP contribution in [-0.2, 0) is 17.5 Å². The number of nitrogens with two attached hydrogens (primary N) is 2. The predicted octanol–water partition coefficient (Wildman–Crippen LogP) is 3.99. The number of nitro groups is 1. The topological polar surface area (TPSA) is 140 Å². The zero-order valence-corrected chi connectivity index (χ0v) is 18.9. The lowest BCUT2D eigenvalue weighted by atomic mass is 10.2. The Morgan fingerprint density at radius 2 is 1.91 bits per heavy atom. The molecule has 0 spiro atoms. The molecule has 0 fully saturated rings. The van der Waals surface area contributed by atoms with Gasteiger partial charge in [-0.05, 0) is 41.5 Å². The molecule has 0 radical (unpaired) electrons. The van der Waals surface area contributed by atoms with E-state index in [2.05, 4.69) is 9.82 Å². The van der Waals surface area contributed by atoms with E-state index in [1.54, 1.807) is 48.5 Å². The monoisotopic (exact) mass is 484 g/mol. The maximum atomic E-state index is 12.4. The Morgan fingerprint density at radius 1 is 1.15 bits per heavy atom. The van der Waals surface area contributed by atoms with Crippen LogP contribution in [0.15, 0.2) is 83.3 Å². The van der Waals surface area contributed by atoms with Crippen molar-refractivity contribution in [3.63, 3.8) is 0 Å². The van der Waals surface area contributed by atoms with Gasteiger partial charge < -0.3 is 10.5 Å². The van der Waals surface area contributed by atoms with Crippen LogP contribution in [0.25, 0.3) is 6.08 Å². The predicted molar refractivity (Wildman–Crippen MR) is 132 cm³/mol. The Bertz CT molecular complexity index is 1230. The van der Waals surface area contributed by atoms with Crippen molar-refractivity contribution >= 4 is 45.9 Å². The van der Waals surface area contributed by atoms with Gasteiger partial charge in [0.15, 0.2) is 5.84 Å². The molecule has 5 N–H and O–H groups in total. The molecule has 0 bridgehead atoms. The molecule has 3 rings (SSSR count). The maximum Gasteiger partial charge on any atom is 0.270 e. The fourth-order valence-electron chi connectivity index (χ4n) is 2.83.